The van der Waals surface area contributed by atoms with Crippen molar-refractivity contribution in [1.29, 1.82) is 0 Å². The summed E-state index contributed by atoms with van der Waals surface area (Å²) in [5.74, 6) is 0.602. The standard InChI is InChI=1S/C14H24N2/c1-10(2)14-7-5-13(6-8-14)9-16-12(4)11(3)15/h5-8,10-12,16H,9,15H2,1-4H3. The highest BCUT2D eigenvalue weighted by Crippen LogP contribution is 2.14. The zero-order valence-corrected chi connectivity index (χ0v) is 10.8. The van der Waals surface area contributed by atoms with Crippen molar-refractivity contribution in [2.45, 2.75) is 52.2 Å². The predicted molar refractivity (Wildman–Crippen MR) is 70.5 cm³/mol. The minimum absolute atomic E-state index is 0.190. The first kappa shape index (κ1) is 13.2. The van der Waals surface area contributed by atoms with Crippen LogP contribution in [0.1, 0.15) is 44.7 Å². The van der Waals surface area contributed by atoms with Gasteiger partial charge >= 0.3 is 0 Å². The van der Waals surface area contributed by atoms with Gasteiger partial charge in [0.1, 0.15) is 0 Å². The second-order valence-electron chi connectivity index (χ2n) is 4.92. The van der Waals surface area contributed by atoms with Gasteiger partial charge in [0.05, 0.1) is 0 Å². The van der Waals surface area contributed by atoms with Crippen LogP contribution in [-0.4, -0.2) is 12.1 Å². The highest BCUT2D eigenvalue weighted by atomic mass is 14.9. The van der Waals surface area contributed by atoms with Gasteiger partial charge in [-0.25, -0.2) is 0 Å². The SMILES string of the molecule is CC(C)c1ccc(CNC(C)C(C)N)cc1. The second kappa shape index (κ2) is 6.02. The van der Waals surface area contributed by atoms with Crippen molar-refractivity contribution in [1.82, 2.24) is 5.32 Å². The number of nitrogens with one attached hydrogen (secondary N) is 1. The minimum Gasteiger partial charge on any atom is -0.327 e. The van der Waals surface area contributed by atoms with E-state index in [-0.39, 0.29) is 6.04 Å². The normalized spacial score (nSPS) is 15.1. The van der Waals surface area contributed by atoms with Crippen LogP contribution in [0.4, 0.5) is 0 Å². The van der Waals surface area contributed by atoms with Crippen LogP contribution in [0.5, 0.6) is 0 Å². The molecule has 0 aliphatic carbocycles. The van der Waals surface area contributed by atoms with Gasteiger partial charge in [0.25, 0.3) is 0 Å². The van der Waals surface area contributed by atoms with E-state index in [4.69, 9.17) is 5.73 Å². The van der Waals surface area contributed by atoms with Crippen LogP contribution < -0.4 is 11.1 Å². The second-order valence-corrected chi connectivity index (χ2v) is 4.92. The lowest BCUT2D eigenvalue weighted by molar-refractivity contribution is 0.477. The smallest absolute Gasteiger partial charge is 0.0208 e. The van der Waals surface area contributed by atoms with Gasteiger partial charge in [0.15, 0.2) is 0 Å². The fourth-order valence-corrected chi connectivity index (χ4v) is 1.49. The van der Waals surface area contributed by atoms with Gasteiger partial charge in [-0.3, -0.25) is 0 Å². The van der Waals surface area contributed by atoms with Crippen molar-refractivity contribution in [3.63, 3.8) is 0 Å². The molecule has 1 aromatic rings. The van der Waals surface area contributed by atoms with Gasteiger partial charge < -0.3 is 11.1 Å². The Morgan fingerprint density at radius 1 is 1.06 bits per heavy atom. The van der Waals surface area contributed by atoms with Crippen molar-refractivity contribution in [3.05, 3.63) is 35.4 Å². The van der Waals surface area contributed by atoms with Gasteiger partial charge in [0, 0.05) is 18.6 Å². The number of hydrogen-bond acceptors (Lipinski definition) is 2. The van der Waals surface area contributed by atoms with E-state index in [1.807, 2.05) is 6.92 Å². The van der Waals surface area contributed by atoms with Gasteiger partial charge in [-0.2, -0.15) is 0 Å². The molecule has 0 aromatic heterocycles. The van der Waals surface area contributed by atoms with Crippen molar-refractivity contribution in [3.8, 4) is 0 Å². The van der Waals surface area contributed by atoms with E-state index in [9.17, 15) is 0 Å². The monoisotopic (exact) mass is 220 g/mol. The molecule has 2 unspecified atom stereocenters. The largest absolute Gasteiger partial charge is 0.327 e. The zero-order chi connectivity index (χ0) is 12.1. The molecule has 0 spiro atoms. The Kier molecular flexibility index (Phi) is 4.97. The molecule has 2 atom stereocenters. The van der Waals surface area contributed by atoms with Crippen LogP contribution in [0.2, 0.25) is 0 Å². The maximum absolute atomic E-state index is 5.80. The number of nitrogens with two attached hydrogens (primary N) is 1. The van der Waals surface area contributed by atoms with E-state index in [0.717, 1.165) is 6.54 Å². The quantitative estimate of drug-likeness (QED) is 0.800. The molecule has 3 N–H and O–H groups in total. The van der Waals surface area contributed by atoms with Crippen LogP contribution in [0.25, 0.3) is 0 Å². The molecule has 1 aromatic carbocycles. The van der Waals surface area contributed by atoms with Crippen LogP contribution in [-0.2, 0) is 6.54 Å². The Morgan fingerprint density at radius 2 is 1.62 bits per heavy atom. The molecular weight excluding hydrogens is 196 g/mol. The number of rotatable bonds is 5. The average Bonchev–Trinajstić information content (AvgIpc) is 2.26. The third-order valence-electron chi connectivity index (χ3n) is 3.06. The Hall–Kier alpha value is -0.860. The lowest BCUT2D eigenvalue weighted by Gasteiger charge is -2.17. The van der Waals surface area contributed by atoms with E-state index < -0.39 is 0 Å². The summed E-state index contributed by atoms with van der Waals surface area (Å²) < 4.78 is 0. The molecule has 0 aliphatic rings. The van der Waals surface area contributed by atoms with E-state index >= 15 is 0 Å². The van der Waals surface area contributed by atoms with E-state index in [1.54, 1.807) is 0 Å². The van der Waals surface area contributed by atoms with Gasteiger partial charge in [-0.05, 0) is 30.9 Å². The van der Waals surface area contributed by atoms with Crippen molar-refractivity contribution in [2.75, 3.05) is 0 Å². The molecule has 90 valence electrons. The summed E-state index contributed by atoms with van der Waals surface area (Å²) in [6.45, 7) is 9.46. The molecule has 0 radical (unpaired) electrons. The van der Waals surface area contributed by atoms with Crippen LogP contribution in [0, 0.1) is 0 Å². The van der Waals surface area contributed by atoms with Gasteiger partial charge in [-0.1, -0.05) is 38.1 Å². The Balaban J connectivity index is 2.49. The van der Waals surface area contributed by atoms with E-state index in [1.165, 1.54) is 11.1 Å². The predicted octanol–water partition coefficient (Wildman–Crippen LogP) is 2.64. The Bertz CT molecular complexity index is 301. The Labute approximate surface area is 99.2 Å². The topological polar surface area (TPSA) is 38.0 Å². The number of benzene rings is 1. The van der Waals surface area contributed by atoms with Crippen molar-refractivity contribution < 1.29 is 0 Å². The summed E-state index contributed by atoms with van der Waals surface area (Å²) >= 11 is 0. The maximum Gasteiger partial charge on any atom is 0.0208 e. The third kappa shape index (κ3) is 3.95. The lowest BCUT2D eigenvalue weighted by Crippen LogP contribution is -2.40. The third-order valence-corrected chi connectivity index (χ3v) is 3.06. The summed E-state index contributed by atoms with van der Waals surface area (Å²) in [4.78, 5) is 0. The number of hydrogen-bond donors (Lipinski definition) is 2. The molecule has 0 aliphatic heterocycles. The van der Waals surface area contributed by atoms with E-state index in [2.05, 4.69) is 50.4 Å². The lowest BCUT2D eigenvalue weighted by atomic mass is 10.0. The first-order valence-electron chi connectivity index (χ1n) is 6.08. The first-order chi connectivity index (χ1) is 7.50. The molecule has 0 amide bonds. The molecule has 0 heterocycles. The van der Waals surface area contributed by atoms with Crippen LogP contribution >= 0.6 is 0 Å². The summed E-state index contributed by atoms with van der Waals surface area (Å²) in [6, 6.07) is 9.34. The fraction of sp³-hybridized carbons (Fsp3) is 0.571. The van der Waals surface area contributed by atoms with Gasteiger partial charge in [0.2, 0.25) is 0 Å². The highest BCUT2D eigenvalue weighted by Gasteiger charge is 2.06. The molecular formula is C14H24N2. The first-order valence-corrected chi connectivity index (χ1v) is 6.08. The average molecular weight is 220 g/mol. The van der Waals surface area contributed by atoms with Gasteiger partial charge in [-0.15, -0.1) is 0 Å². The zero-order valence-electron chi connectivity index (χ0n) is 10.8. The molecule has 1 rings (SSSR count). The Morgan fingerprint density at radius 3 is 2.06 bits per heavy atom. The molecule has 0 bridgehead atoms. The molecule has 0 saturated heterocycles. The molecule has 16 heavy (non-hydrogen) atoms. The molecule has 2 heteroatoms. The summed E-state index contributed by atoms with van der Waals surface area (Å²) in [7, 11) is 0. The highest BCUT2D eigenvalue weighted by molar-refractivity contribution is 5.24. The summed E-state index contributed by atoms with van der Waals surface area (Å²) in [5, 5.41) is 3.42. The molecule has 2 nitrogen and oxygen atoms in total. The fourth-order valence-electron chi connectivity index (χ4n) is 1.49. The van der Waals surface area contributed by atoms with Crippen LogP contribution in [0.15, 0.2) is 24.3 Å². The summed E-state index contributed by atoms with van der Waals surface area (Å²) in [5.41, 5.74) is 8.51. The molecule has 0 fully saturated rings. The van der Waals surface area contributed by atoms with Crippen molar-refractivity contribution in [2.24, 2.45) is 5.73 Å². The maximum atomic E-state index is 5.80. The summed E-state index contributed by atoms with van der Waals surface area (Å²) in [6.07, 6.45) is 0. The molecule has 0 saturated carbocycles. The van der Waals surface area contributed by atoms with Crippen molar-refractivity contribution >= 4 is 0 Å². The van der Waals surface area contributed by atoms with Crippen LogP contribution in [0.3, 0.4) is 0 Å². The van der Waals surface area contributed by atoms with E-state index in [0.29, 0.717) is 12.0 Å². The minimum atomic E-state index is 0.190.